The minimum absolute atomic E-state index is 0.0434. The van der Waals surface area contributed by atoms with Crippen LogP contribution in [0, 0.1) is 0 Å². The van der Waals surface area contributed by atoms with Crippen molar-refractivity contribution in [3.63, 3.8) is 0 Å². The maximum Gasteiger partial charge on any atom is 0.331 e. The minimum Gasteiger partial charge on any atom is -0.424 e. The second-order valence-electron chi connectivity index (χ2n) is 3.58. The molecule has 7 heteroatoms. The van der Waals surface area contributed by atoms with E-state index < -0.39 is 5.97 Å². The molecule has 1 aliphatic heterocycles. The first-order valence-corrected chi connectivity index (χ1v) is 7.29. The molecule has 1 saturated heterocycles. The highest BCUT2D eigenvalue weighted by molar-refractivity contribution is 9.10. The Kier molecular flexibility index (Phi) is 4.53. The summed E-state index contributed by atoms with van der Waals surface area (Å²) in [6.07, 6.45) is 0. The molecule has 1 heterocycles. The SMILES string of the molecule is O=C(CN1CCSC1=O)Oc1ccc(Br)cc1Cl. The fourth-order valence-electron chi connectivity index (χ4n) is 1.44. The van der Waals surface area contributed by atoms with Crippen molar-refractivity contribution in [3.8, 4) is 5.75 Å². The maximum atomic E-state index is 11.7. The summed E-state index contributed by atoms with van der Waals surface area (Å²) in [5.74, 6) is 0.518. The molecule has 0 bridgehead atoms. The van der Waals surface area contributed by atoms with Crippen molar-refractivity contribution in [2.75, 3.05) is 18.8 Å². The third-order valence-corrected chi connectivity index (χ3v) is 3.96. The Balaban J connectivity index is 1.96. The summed E-state index contributed by atoms with van der Waals surface area (Å²) in [7, 11) is 0. The van der Waals surface area contributed by atoms with Crippen LogP contribution in [-0.2, 0) is 4.79 Å². The number of benzene rings is 1. The number of amides is 1. The average Bonchev–Trinajstić information content (AvgIpc) is 2.69. The molecule has 4 nitrogen and oxygen atoms in total. The van der Waals surface area contributed by atoms with Gasteiger partial charge in [-0.25, -0.2) is 4.79 Å². The van der Waals surface area contributed by atoms with Crippen LogP contribution in [0.15, 0.2) is 22.7 Å². The molecule has 0 N–H and O–H groups in total. The number of rotatable bonds is 3. The van der Waals surface area contributed by atoms with Crippen molar-refractivity contribution in [2.45, 2.75) is 0 Å². The van der Waals surface area contributed by atoms with Crippen molar-refractivity contribution >= 4 is 50.5 Å². The maximum absolute atomic E-state index is 11.7. The topological polar surface area (TPSA) is 46.6 Å². The molecule has 0 aromatic heterocycles. The fourth-order valence-corrected chi connectivity index (χ4v) is 2.97. The molecule has 0 unspecified atom stereocenters. The molecule has 2 rings (SSSR count). The van der Waals surface area contributed by atoms with Gasteiger partial charge >= 0.3 is 5.97 Å². The Bertz CT molecular complexity index is 497. The van der Waals surface area contributed by atoms with Gasteiger partial charge in [0.2, 0.25) is 0 Å². The lowest BCUT2D eigenvalue weighted by molar-refractivity contribution is -0.134. The lowest BCUT2D eigenvalue weighted by atomic mass is 10.3. The van der Waals surface area contributed by atoms with Gasteiger partial charge in [-0.1, -0.05) is 39.3 Å². The van der Waals surface area contributed by atoms with Crippen LogP contribution >= 0.6 is 39.3 Å². The first-order valence-electron chi connectivity index (χ1n) is 5.13. The van der Waals surface area contributed by atoms with Gasteiger partial charge in [-0.15, -0.1) is 0 Å². The van der Waals surface area contributed by atoms with Gasteiger partial charge in [0, 0.05) is 16.8 Å². The second kappa shape index (κ2) is 5.95. The number of hydrogen-bond acceptors (Lipinski definition) is 4. The van der Waals surface area contributed by atoms with E-state index in [1.165, 1.54) is 16.7 Å². The Morgan fingerprint density at radius 1 is 1.56 bits per heavy atom. The highest BCUT2D eigenvalue weighted by Gasteiger charge is 2.24. The number of halogens is 2. The number of carbonyl (C=O) groups is 2. The van der Waals surface area contributed by atoms with E-state index >= 15 is 0 Å². The molecule has 0 aliphatic carbocycles. The zero-order chi connectivity index (χ0) is 13.1. The number of nitrogens with zero attached hydrogens (tertiary/aromatic N) is 1. The van der Waals surface area contributed by atoms with E-state index in [0.717, 1.165) is 4.47 Å². The van der Waals surface area contributed by atoms with E-state index in [0.29, 0.717) is 23.1 Å². The van der Waals surface area contributed by atoms with Crippen LogP contribution in [0.25, 0.3) is 0 Å². The molecule has 1 amide bonds. The van der Waals surface area contributed by atoms with Crippen LogP contribution in [0.3, 0.4) is 0 Å². The monoisotopic (exact) mass is 349 g/mol. The van der Waals surface area contributed by atoms with Crippen LogP contribution in [0.2, 0.25) is 5.02 Å². The van der Waals surface area contributed by atoms with Gasteiger partial charge in [0.25, 0.3) is 5.24 Å². The van der Waals surface area contributed by atoms with Gasteiger partial charge < -0.3 is 9.64 Å². The number of hydrogen-bond donors (Lipinski definition) is 0. The first kappa shape index (κ1) is 13.7. The predicted octanol–water partition coefficient (Wildman–Crippen LogP) is 3.18. The molecule has 0 atom stereocenters. The smallest absolute Gasteiger partial charge is 0.331 e. The summed E-state index contributed by atoms with van der Waals surface area (Å²) in [4.78, 5) is 24.4. The molecular formula is C11H9BrClNO3S. The number of ether oxygens (including phenoxy) is 1. The standard InChI is InChI=1S/C11H9BrClNO3S/c12-7-1-2-9(8(13)5-7)17-10(15)6-14-3-4-18-11(14)16/h1-2,5H,3-4,6H2. The number of esters is 1. The van der Waals surface area contributed by atoms with E-state index in [1.54, 1.807) is 18.2 Å². The van der Waals surface area contributed by atoms with E-state index in [-0.39, 0.29) is 11.8 Å². The van der Waals surface area contributed by atoms with Crippen LogP contribution in [0.4, 0.5) is 4.79 Å². The molecule has 1 fully saturated rings. The van der Waals surface area contributed by atoms with Gasteiger partial charge in [-0.3, -0.25) is 4.79 Å². The highest BCUT2D eigenvalue weighted by atomic mass is 79.9. The van der Waals surface area contributed by atoms with Gasteiger partial charge in [0.15, 0.2) is 0 Å². The molecular weight excluding hydrogens is 342 g/mol. The van der Waals surface area contributed by atoms with E-state index in [4.69, 9.17) is 16.3 Å². The summed E-state index contributed by atoms with van der Waals surface area (Å²) in [5.41, 5.74) is 0. The third kappa shape index (κ3) is 3.40. The van der Waals surface area contributed by atoms with Crippen LogP contribution in [-0.4, -0.2) is 35.0 Å². The van der Waals surface area contributed by atoms with Crippen LogP contribution in [0.1, 0.15) is 0 Å². The van der Waals surface area contributed by atoms with Crippen LogP contribution < -0.4 is 4.74 Å². The van der Waals surface area contributed by atoms with Crippen LogP contribution in [0.5, 0.6) is 5.75 Å². The summed E-state index contributed by atoms with van der Waals surface area (Å²) in [6, 6.07) is 4.97. The van der Waals surface area contributed by atoms with Gasteiger partial charge in [0.05, 0.1) is 5.02 Å². The zero-order valence-corrected chi connectivity index (χ0v) is 12.3. The Morgan fingerprint density at radius 2 is 2.33 bits per heavy atom. The van der Waals surface area contributed by atoms with Crippen molar-refractivity contribution in [3.05, 3.63) is 27.7 Å². The molecule has 18 heavy (non-hydrogen) atoms. The largest absolute Gasteiger partial charge is 0.424 e. The zero-order valence-electron chi connectivity index (χ0n) is 9.19. The molecule has 96 valence electrons. The van der Waals surface area contributed by atoms with Crippen molar-refractivity contribution in [1.82, 2.24) is 4.90 Å². The first-order chi connectivity index (χ1) is 8.56. The second-order valence-corrected chi connectivity index (χ2v) is 5.95. The molecule has 0 spiro atoms. The molecule has 1 aromatic carbocycles. The Morgan fingerprint density at radius 3 is 2.94 bits per heavy atom. The van der Waals surface area contributed by atoms with Gasteiger partial charge in [0.1, 0.15) is 12.3 Å². The van der Waals surface area contributed by atoms with Crippen molar-refractivity contribution in [1.29, 1.82) is 0 Å². The lowest BCUT2D eigenvalue weighted by Crippen LogP contribution is -2.32. The summed E-state index contributed by atoms with van der Waals surface area (Å²) in [6.45, 7) is 0.533. The molecule has 0 saturated carbocycles. The Hall–Kier alpha value is -0.720. The van der Waals surface area contributed by atoms with Crippen molar-refractivity contribution < 1.29 is 14.3 Å². The Labute approximate surface area is 122 Å². The normalized spacial score (nSPS) is 15.0. The summed E-state index contributed by atoms with van der Waals surface area (Å²) < 4.78 is 5.92. The minimum atomic E-state index is -0.491. The van der Waals surface area contributed by atoms with E-state index in [9.17, 15) is 9.59 Å². The predicted molar refractivity (Wildman–Crippen MR) is 74.2 cm³/mol. The van der Waals surface area contributed by atoms with Gasteiger partial charge in [-0.05, 0) is 18.2 Å². The molecule has 1 aromatic rings. The number of thioether (sulfide) groups is 1. The third-order valence-electron chi connectivity index (χ3n) is 2.28. The highest BCUT2D eigenvalue weighted by Crippen LogP contribution is 2.28. The van der Waals surface area contributed by atoms with Gasteiger partial charge in [-0.2, -0.15) is 0 Å². The average molecular weight is 351 g/mol. The lowest BCUT2D eigenvalue weighted by Gasteiger charge is -2.13. The molecule has 1 aliphatic rings. The number of carbonyl (C=O) groups excluding carboxylic acids is 2. The van der Waals surface area contributed by atoms with Crippen molar-refractivity contribution in [2.24, 2.45) is 0 Å². The summed E-state index contributed by atoms with van der Waals surface area (Å²) >= 11 is 10.4. The van der Waals surface area contributed by atoms with E-state index in [1.807, 2.05) is 0 Å². The summed E-state index contributed by atoms with van der Waals surface area (Å²) in [5, 5.41) is 0.258. The quantitative estimate of drug-likeness (QED) is 0.620. The fraction of sp³-hybridized carbons (Fsp3) is 0.273. The molecule has 0 radical (unpaired) electrons. The van der Waals surface area contributed by atoms with E-state index in [2.05, 4.69) is 15.9 Å².